The Kier molecular flexibility index (Phi) is 4.23. The quantitative estimate of drug-likeness (QED) is 0.844. The summed E-state index contributed by atoms with van der Waals surface area (Å²) in [4.78, 5) is 11.8. The fourth-order valence-corrected chi connectivity index (χ4v) is 1.36. The van der Waals surface area contributed by atoms with Crippen molar-refractivity contribution in [1.29, 1.82) is 0 Å². The third kappa shape index (κ3) is 3.53. The van der Waals surface area contributed by atoms with Gasteiger partial charge in [0.05, 0.1) is 11.6 Å². The number of halogens is 1. The summed E-state index contributed by atoms with van der Waals surface area (Å²) in [7, 11) is 0. The molecule has 0 aliphatic rings. The highest BCUT2D eigenvalue weighted by atomic mass is 19.1. The fraction of sp³-hybridized carbons (Fsp3) is 0.462. The Balaban J connectivity index is 2.70. The Bertz CT molecular complexity index is 387. The summed E-state index contributed by atoms with van der Waals surface area (Å²) in [6.07, 6.45) is 0.564. The van der Waals surface area contributed by atoms with E-state index in [0.717, 1.165) is 5.56 Å². The van der Waals surface area contributed by atoms with Gasteiger partial charge in [0.15, 0.2) is 0 Å². The van der Waals surface area contributed by atoms with Crippen molar-refractivity contribution in [2.45, 2.75) is 38.8 Å². The standard InChI is InChI=1S/C13H19FN2O/c1-4-13(3,15)12(17)16-9(2)10-5-7-11(14)8-6-10/h5-9H,4,15H2,1-3H3,(H,16,17)/t9-,13?/m0/s1. The molecule has 4 heteroatoms. The lowest BCUT2D eigenvalue weighted by molar-refractivity contribution is -0.126. The molecule has 0 bridgehead atoms. The van der Waals surface area contributed by atoms with Crippen LogP contribution in [-0.2, 0) is 4.79 Å². The lowest BCUT2D eigenvalue weighted by Gasteiger charge is -2.24. The topological polar surface area (TPSA) is 55.1 Å². The summed E-state index contributed by atoms with van der Waals surface area (Å²) in [6, 6.07) is 5.87. The summed E-state index contributed by atoms with van der Waals surface area (Å²) in [5, 5.41) is 2.82. The minimum absolute atomic E-state index is 0.183. The van der Waals surface area contributed by atoms with E-state index < -0.39 is 5.54 Å². The summed E-state index contributed by atoms with van der Waals surface area (Å²) in [5.74, 6) is -0.485. The van der Waals surface area contributed by atoms with Crippen molar-refractivity contribution >= 4 is 5.91 Å². The molecule has 1 rings (SSSR count). The first kappa shape index (κ1) is 13.6. The van der Waals surface area contributed by atoms with Gasteiger partial charge in [0, 0.05) is 0 Å². The van der Waals surface area contributed by atoms with Crippen LogP contribution in [-0.4, -0.2) is 11.4 Å². The third-order valence-corrected chi connectivity index (χ3v) is 2.97. The van der Waals surface area contributed by atoms with E-state index in [2.05, 4.69) is 5.32 Å². The molecule has 3 N–H and O–H groups in total. The molecule has 0 aromatic heterocycles. The maximum atomic E-state index is 12.7. The SMILES string of the molecule is CCC(C)(N)C(=O)N[C@@H](C)c1ccc(F)cc1. The summed E-state index contributed by atoms with van der Waals surface area (Å²) >= 11 is 0. The van der Waals surface area contributed by atoms with Crippen molar-refractivity contribution in [3.05, 3.63) is 35.6 Å². The zero-order valence-corrected chi connectivity index (χ0v) is 10.5. The van der Waals surface area contributed by atoms with Gasteiger partial charge in [-0.25, -0.2) is 4.39 Å². The second-order valence-electron chi connectivity index (χ2n) is 4.52. The number of rotatable bonds is 4. The van der Waals surface area contributed by atoms with Crippen molar-refractivity contribution in [3.63, 3.8) is 0 Å². The summed E-state index contributed by atoms with van der Waals surface area (Å²) < 4.78 is 12.7. The van der Waals surface area contributed by atoms with Gasteiger partial charge in [0.1, 0.15) is 5.82 Å². The third-order valence-electron chi connectivity index (χ3n) is 2.97. The molecule has 1 amide bonds. The number of nitrogens with one attached hydrogen (secondary N) is 1. The smallest absolute Gasteiger partial charge is 0.240 e. The van der Waals surface area contributed by atoms with Crippen molar-refractivity contribution in [2.75, 3.05) is 0 Å². The molecule has 0 heterocycles. The summed E-state index contributed by atoms with van der Waals surface area (Å²) in [6.45, 7) is 5.40. The van der Waals surface area contributed by atoms with Crippen LogP contribution in [0.3, 0.4) is 0 Å². The number of hydrogen-bond acceptors (Lipinski definition) is 2. The average Bonchev–Trinajstić information content (AvgIpc) is 2.29. The maximum Gasteiger partial charge on any atom is 0.240 e. The largest absolute Gasteiger partial charge is 0.348 e. The molecule has 1 unspecified atom stereocenters. The highest BCUT2D eigenvalue weighted by Gasteiger charge is 2.27. The normalized spacial score (nSPS) is 16.1. The predicted molar refractivity (Wildman–Crippen MR) is 65.8 cm³/mol. The van der Waals surface area contributed by atoms with Gasteiger partial charge in [-0.1, -0.05) is 19.1 Å². The molecular formula is C13H19FN2O. The molecule has 0 fully saturated rings. The van der Waals surface area contributed by atoms with Crippen molar-refractivity contribution in [2.24, 2.45) is 5.73 Å². The van der Waals surface area contributed by atoms with Crippen molar-refractivity contribution < 1.29 is 9.18 Å². The minimum Gasteiger partial charge on any atom is -0.348 e. The van der Waals surface area contributed by atoms with E-state index in [4.69, 9.17) is 5.73 Å². The molecule has 0 saturated heterocycles. The van der Waals surface area contributed by atoms with E-state index in [1.807, 2.05) is 13.8 Å². The molecular weight excluding hydrogens is 219 g/mol. The van der Waals surface area contributed by atoms with Crippen LogP contribution in [0.25, 0.3) is 0 Å². The second-order valence-corrected chi connectivity index (χ2v) is 4.52. The first-order chi connectivity index (χ1) is 7.86. The Labute approximate surface area is 101 Å². The highest BCUT2D eigenvalue weighted by molar-refractivity contribution is 5.85. The van der Waals surface area contributed by atoms with Crippen LogP contribution in [0.4, 0.5) is 4.39 Å². The minimum atomic E-state index is -0.867. The van der Waals surface area contributed by atoms with Crippen LogP contribution < -0.4 is 11.1 Å². The number of carbonyl (C=O) groups excluding carboxylic acids is 1. The van der Waals surface area contributed by atoms with Gasteiger partial charge in [-0.05, 0) is 38.0 Å². The number of nitrogens with two attached hydrogens (primary N) is 1. The number of hydrogen-bond donors (Lipinski definition) is 2. The maximum absolute atomic E-state index is 12.7. The van der Waals surface area contributed by atoms with Gasteiger partial charge in [-0.15, -0.1) is 0 Å². The zero-order chi connectivity index (χ0) is 13.1. The Morgan fingerprint density at radius 3 is 2.47 bits per heavy atom. The molecule has 0 radical (unpaired) electrons. The predicted octanol–water partition coefficient (Wildman–Crippen LogP) is 2.13. The van der Waals surface area contributed by atoms with Gasteiger partial charge in [-0.3, -0.25) is 4.79 Å². The van der Waals surface area contributed by atoms with Crippen LogP contribution in [0.1, 0.15) is 38.8 Å². The molecule has 0 saturated carbocycles. The lowest BCUT2D eigenvalue weighted by Crippen LogP contribution is -2.51. The molecule has 1 aromatic rings. The van der Waals surface area contributed by atoms with Crippen LogP contribution in [0.5, 0.6) is 0 Å². The average molecular weight is 238 g/mol. The molecule has 2 atom stereocenters. The van der Waals surface area contributed by atoms with Crippen LogP contribution in [0.15, 0.2) is 24.3 Å². The van der Waals surface area contributed by atoms with E-state index in [-0.39, 0.29) is 17.8 Å². The summed E-state index contributed by atoms with van der Waals surface area (Å²) in [5.41, 5.74) is 5.82. The molecule has 3 nitrogen and oxygen atoms in total. The Morgan fingerprint density at radius 1 is 1.47 bits per heavy atom. The van der Waals surface area contributed by atoms with E-state index in [9.17, 15) is 9.18 Å². The zero-order valence-electron chi connectivity index (χ0n) is 10.5. The van der Waals surface area contributed by atoms with Crippen molar-refractivity contribution in [1.82, 2.24) is 5.32 Å². The van der Waals surface area contributed by atoms with Gasteiger partial charge in [-0.2, -0.15) is 0 Å². The lowest BCUT2D eigenvalue weighted by atomic mass is 9.98. The molecule has 0 spiro atoms. The number of carbonyl (C=O) groups is 1. The number of benzene rings is 1. The first-order valence-electron chi connectivity index (χ1n) is 5.72. The van der Waals surface area contributed by atoms with E-state index in [1.54, 1.807) is 19.1 Å². The van der Waals surface area contributed by atoms with Gasteiger partial charge in [0.25, 0.3) is 0 Å². The van der Waals surface area contributed by atoms with E-state index in [1.165, 1.54) is 12.1 Å². The Hall–Kier alpha value is -1.42. The molecule has 0 aliphatic carbocycles. The van der Waals surface area contributed by atoms with Gasteiger partial charge < -0.3 is 11.1 Å². The molecule has 0 aliphatic heterocycles. The van der Waals surface area contributed by atoms with E-state index in [0.29, 0.717) is 6.42 Å². The highest BCUT2D eigenvalue weighted by Crippen LogP contribution is 2.14. The van der Waals surface area contributed by atoms with E-state index >= 15 is 0 Å². The first-order valence-corrected chi connectivity index (χ1v) is 5.72. The molecule has 1 aromatic carbocycles. The fourth-order valence-electron chi connectivity index (χ4n) is 1.36. The van der Waals surface area contributed by atoms with Crippen LogP contribution in [0, 0.1) is 5.82 Å². The Morgan fingerprint density at radius 2 is 2.00 bits per heavy atom. The second kappa shape index (κ2) is 5.27. The van der Waals surface area contributed by atoms with Crippen molar-refractivity contribution in [3.8, 4) is 0 Å². The van der Waals surface area contributed by atoms with Crippen LogP contribution in [0.2, 0.25) is 0 Å². The van der Waals surface area contributed by atoms with Gasteiger partial charge in [0.2, 0.25) is 5.91 Å². The molecule has 17 heavy (non-hydrogen) atoms. The monoisotopic (exact) mass is 238 g/mol. The van der Waals surface area contributed by atoms with Crippen LogP contribution >= 0.6 is 0 Å². The number of amides is 1. The van der Waals surface area contributed by atoms with Gasteiger partial charge >= 0.3 is 0 Å². The molecule has 94 valence electrons.